The summed E-state index contributed by atoms with van der Waals surface area (Å²) in [4.78, 5) is 0.158. The van der Waals surface area contributed by atoms with Crippen molar-refractivity contribution in [1.29, 1.82) is 0 Å². The maximum atomic E-state index is 5.84. The van der Waals surface area contributed by atoms with Crippen LogP contribution in [0, 0.1) is 13.8 Å². The molecule has 0 saturated heterocycles. The summed E-state index contributed by atoms with van der Waals surface area (Å²) in [5.74, 6) is 1.05. The number of hydrogen-bond donors (Lipinski definition) is 0. The molecule has 2 aromatic rings. The van der Waals surface area contributed by atoms with E-state index in [1.165, 1.54) is 27.8 Å². The molecule has 2 aromatic carbocycles. The highest BCUT2D eigenvalue weighted by Gasteiger charge is 2.23. The summed E-state index contributed by atoms with van der Waals surface area (Å²) in [5.41, 5.74) is 6.35. The fourth-order valence-electron chi connectivity index (χ4n) is 2.82. The van der Waals surface area contributed by atoms with Crippen LogP contribution in [0.25, 0.3) is 0 Å². The van der Waals surface area contributed by atoms with Gasteiger partial charge in [-0.25, -0.2) is 0 Å². The number of fused-ring (bicyclic) bond motifs is 1. The highest BCUT2D eigenvalue weighted by Crippen LogP contribution is 2.42. The van der Waals surface area contributed by atoms with Crippen LogP contribution in [0.5, 0.6) is 5.75 Å². The van der Waals surface area contributed by atoms with Gasteiger partial charge in [-0.2, -0.15) is 0 Å². The monoisotopic (exact) mass is 394 g/mol. The van der Waals surface area contributed by atoms with Crippen LogP contribution in [0.4, 0.5) is 0 Å². The van der Waals surface area contributed by atoms with Gasteiger partial charge in [-0.15, -0.1) is 0 Å². The molecule has 0 bridgehead atoms. The van der Waals surface area contributed by atoms with Gasteiger partial charge in [-0.1, -0.05) is 61.2 Å². The van der Waals surface area contributed by atoms with E-state index in [1.54, 1.807) is 0 Å². The predicted molar refractivity (Wildman–Crippen MR) is 90.0 cm³/mol. The molecule has 104 valence electrons. The number of halogens is 2. The fourth-order valence-corrected chi connectivity index (χ4v) is 3.95. The van der Waals surface area contributed by atoms with E-state index in [9.17, 15) is 0 Å². The molecule has 0 radical (unpaired) electrons. The van der Waals surface area contributed by atoms with Crippen molar-refractivity contribution in [2.45, 2.75) is 25.1 Å². The van der Waals surface area contributed by atoms with Gasteiger partial charge < -0.3 is 4.74 Å². The average Bonchev–Trinajstić information content (AvgIpc) is 2.83. The first-order valence-electron chi connectivity index (χ1n) is 6.72. The van der Waals surface area contributed by atoms with Gasteiger partial charge in [0.05, 0.1) is 11.4 Å². The van der Waals surface area contributed by atoms with E-state index < -0.39 is 0 Å². The lowest BCUT2D eigenvalue weighted by atomic mass is 9.98. The first-order valence-corrected chi connectivity index (χ1v) is 8.43. The van der Waals surface area contributed by atoms with E-state index in [2.05, 4.69) is 76.0 Å². The van der Waals surface area contributed by atoms with Crippen molar-refractivity contribution in [3.8, 4) is 5.75 Å². The van der Waals surface area contributed by atoms with Crippen molar-refractivity contribution in [2.24, 2.45) is 0 Å². The van der Waals surface area contributed by atoms with Crippen molar-refractivity contribution >= 4 is 31.9 Å². The Morgan fingerprint density at radius 2 is 1.75 bits per heavy atom. The summed E-state index contributed by atoms with van der Waals surface area (Å²) in [6.07, 6.45) is 0.994. The van der Waals surface area contributed by atoms with Crippen LogP contribution in [-0.2, 0) is 6.42 Å². The molecule has 1 nitrogen and oxygen atoms in total. The molecular weight excluding hydrogens is 380 g/mol. The smallest absolute Gasteiger partial charge is 0.127 e. The third-order valence-electron chi connectivity index (χ3n) is 3.59. The molecule has 1 aliphatic rings. The van der Waals surface area contributed by atoms with E-state index in [4.69, 9.17) is 4.74 Å². The summed E-state index contributed by atoms with van der Waals surface area (Å²) >= 11 is 7.46. The van der Waals surface area contributed by atoms with Crippen molar-refractivity contribution in [1.82, 2.24) is 0 Å². The summed E-state index contributed by atoms with van der Waals surface area (Å²) < 4.78 is 6.95. The molecule has 0 saturated carbocycles. The lowest BCUT2D eigenvalue weighted by Crippen LogP contribution is -1.98. The first-order chi connectivity index (χ1) is 9.54. The normalized spacial score (nSPS) is 14.8. The van der Waals surface area contributed by atoms with Crippen LogP contribution < -0.4 is 4.74 Å². The minimum Gasteiger partial charge on any atom is -0.493 e. The second-order valence-corrected chi connectivity index (χ2v) is 7.20. The van der Waals surface area contributed by atoms with Crippen LogP contribution in [-0.4, -0.2) is 6.61 Å². The van der Waals surface area contributed by atoms with Gasteiger partial charge in [0.15, 0.2) is 0 Å². The highest BCUT2D eigenvalue weighted by molar-refractivity contribution is 9.10. The van der Waals surface area contributed by atoms with Gasteiger partial charge in [0.2, 0.25) is 0 Å². The molecule has 1 heterocycles. The first kappa shape index (κ1) is 14.2. The predicted octanol–water partition coefficient (Wildman–Crippen LogP) is 5.49. The molecule has 3 rings (SSSR count). The number of alkyl halides is 1. The van der Waals surface area contributed by atoms with Crippen molar-refractivity contribution < 1.29 is 4.74 Å². The van der Waals surface area contributed by atoms with E-state index in [1.807, 2.05) is 0 Å². The molecule has 1 unspecified atom stereocenters. The number of hydrogen-bond acceptors (Lipinski definition) is 1. The summed E-state index contributed by atoms with van der Waals surface area (Å²) in [6, 6.07) is 11.0. The Morgan fingerprint density at radius 1 is 1.05 bits per heavy atom. The molecule has 0 fully saturated rings. The molecule has 0 spiro atoms. The Kier molecular flexibility index (Phi) is 3.91. The zero-order valence-electron chi connectivity index (χ0n) is 11.5. The van der Waals surface area contributed by atoms with Gasteiger partial charge in [-0.05, 0) is 37.1 Å². The van der Waals surface area contributed by atoms with Crippen molar-refractivity contribution in [3.63, 3.8) is 0 Å². The summed E-state index contributed by atoms with van der Waals surface area (Å²) in [7, 11) is 0. The SMILES string of the molecule is Cc1cc(C)cc(C(Br)c2cc(Br)cc3c2OCC3)c1. The van der Waals surface area contributed by atoms with Crippen LogP contribution in [0.1, 0.15) is 32.6 Å². The molecule has 0 amide bonds. The molecule has 20 heavy (non-hydrogen) atoms. The quantitative estimate of drug-likeness (QED) is 0.611. The highest BCUT2D eigenvalue weighted by atomic mass is 79.9. The lowest BCUT2D eigenvalue weighted by Gasteiger charge is -2.16. The van der Waals surface area contributed by atoms with Crippen LogP contribution >= 0.6 is 31.9 Å². The molecule has 0 aliphatic carbocycles. The Morgan fingerprint density at radius 3 is 2.45 bits per heavy atom. The average molecular weight is 396 g/mol. The number of benzene rings is 2. The number of ether oxygens (including phenoxy) is 1. The van der Waals surface area contributed by atoms with Gasteiger partial charge >= 0.3 is 0 Å². The topological polar surface area (TPSA) is 9.23 Å². The Bertz CT molecular complexity index is 644. The Labute approximate surface area is 136 Å². The molecule has 0 aromatic heterocycles. The second kappa shape index (κ2) is 5.53. The van der Waals surface area contributed by atoms with E-state index >= 15 is 0 Å². The standard InChI is InChI=1S/C17H16Br2O/c1-10-5-11(2)7-13(6-10)16(19)15-9-14(18)8-12-3-4-20-17(12)15/h5-9,16H,3-4H2,1-2H3. The third kappa shape index (κ3) is 2.66. The zero-order chi connectivity index (χ0) is 14.3. The van der Waals surface area contributed by atoms with Gasteiger partial charge in [0.1, 0.15) is 5.75 Å². The molecular formula is C17H16Br2O. The molecule has 1 aliphatic heterocycles. The summed E-state index contributed by atoms with van der Waals surface area (Å²) in [5, 5.41) is 0. The number of aryl methyl sites for hydroxylation is 2. The maximum Gasteiger partial charge on any atom is 0.127 e. The van der Waals surface area contributed by atoms with Gasteiger partial charge in [-0.3, -0.25) is 0 Å². The van der Waals surface area contributed by atoms with Crippen LogP contribution in [0.2, 0.25) is 0 Å². The van der Waals surface area contributed by atoms with Crippen molar-refractivity contribution in [2.75, 3.05) is 6.61 Å². The Balaban J connectivity index is 2.08. The fraction of sp³-hybridized carbons (Fsp3) is 0.294. The minimum absolute atomic E-state index is 0.158. The summed E-state index contributed by atoms with van der Waals surface area (Å²) in [6.45, 7) is 5.06. The zero-order valence-corrected chi connectivity index (χ0v) is 14.7. The molecule has 3 heteroatoms. The maximum absolute atomic E-state index is 5.84. The van der Waals surface area contributed by atoms with E-state index in [0.717, 1.165) is 23.2 Å². The minimum atomic E-state index is 0.158. The van der Waals surface area contributed by atoms with Crippen LogP contribution in [0.15, 0.2) is 34.8 Å². The van der Waals surface area contributed by atoms with Crippen molar-refractivity contribution in [3.05, 3.63) is 62.6 Å². The molecule has 1 atom stereocenters. The molecule has 0 N–H and O–H groups in total. The van der Waals surface area contributed by atoms with Crippen LogP contribution in [0.3, 0.4) is 0 Å². The van der Waals surface area contributed by atoms with E-state index in [0.29, 0.717) is 0 Å². The van der Waals surface area contributed by atoms with Gasteiger partial charge in [0, 0.05) is 16.5 Å². The number of rotatable bonds is 2. The lowest BCUT2D eigenvalue weighted by molar-refractivity contribution is 0.354. The van der Waals surface area contributed by atoms with Gasteiger partial charge in [0.25, 0.3) is 0 Å². The Hall–Kier alpha value is -0.800. The largest absolute Gasteiger partial charge is 0.493 e. The van der Waals surface area contributed by atoms with E-state index in [-0.39, 0.29) is 4.83 Å². The second-order valence-electron chi connectivity index (χ2n) is 5.37. The third-order valence-corrected chi connectivity index (χ3v) is 5.07.